The average Bonchev–Trinajstić information content (AvgIpc) is 3.05. The predicted octanol–water partition coefficient (Wildman–Crippen LogP) is 1.66. The fraction of sp³-hybridized carbons (Fsp3) is 0.222. The molecule has 0 radical (unpaired) electrons. The van der Waals surface area contributed by atoms with E-state index in [1.807, 2.05) is 37.3 Å². The molecule has 24 heavy (non-hydrogen) atoms. The topological polar surface area (TPSA) is 76.7 Å². The Morgan fingerprint density at radius 1 is 0.917 bits per heavy atom. The average molecular weight is 326 g/mol. The maximum Gasteiger partial charge on any atom is 0.309 e. The van der Waals surface area contributed by atoms with Gasteiger partial charge in [0.1, 0.15) is 0 Å². The van der Waals surface area contributed by atoms with Crippen LogP contribution in [0.5, 0.6) is 11.5 Å². The number of ether oxygens (including phenoxy) is 2. The summed E-state index contributed by atoms with van der Waals surface area (Å²) < 4.78 is 10.5. The Morgan fingerprint density at radius 2 is 1.58 bits per heavy atom. The molecule has 0 saturated carbocycles. The molecule has 1 heterocycles. The predicted molar refractivity (Wildman–Crippen MR) is 87.4 cm³/mol. The fourth-order valence-corrected chi connectivity index (χ4v) is 2.40. The first-order valence-electron chi connectivity index (χ1n) is 7.62. The zero-order valence-electron chi connectivity index (χ0n) is 13.3. The molecule has 2 aromatic carbocycles. The van der Waals surface area contributed by atoms with Crippen LogP contribution in [0.2, 0.25) is 0 Å². The van der Waals surface area contributed by atoms with Crippen molar-refractivity contribution < 1.29 is 19.1 Å². The van der Waals surface area contributed by atoms with Gasteiger partial charge in [0.15, 0.2) is 11.5 Å². The van der Waals surface area contributed by atoms with E-state index < -0.39 is 11.8 Å². The summed E-state index contributed by atoms with van der Waals surface area (Å²) in [6.45, 7) is 2.74. The second-order valence-electron chi connectivity index (χ2n) is 5.54. The van der Waals surface area contributed by atoms with Crippen LogP contribution in [-0.4, -0.2) is 18.6 Å². The van der Waals surface area contributed by atoms with Crippen molar-refractivity contribution in [2.75, 3.05) is 6.79 Å². The number of rotatable bonds is 4. The summed E-state index contributed by atoms with van der Waals surface area (Å²) in [4.78, 5) is 23.7. The Kier molecular flexibility index (Phi) is 4.65. The summed E-state index contributed by atoms with van der Waals surface area (Å²) in [5.74, 6) is 0.00388. The zero-order chi connectivity index (χ0) is 16.9. The van der Waals surface area contributed by atoms with Crippen LogP contribution in [0.15, 0.2) is 42.5 Å². The third kappa shape index (κ3) is 3.84. The van der Waals surface area contributed by atoms with Crippen molar-refractivity contribution >= 4 is 11.8 Å². The van der Waals surface area contributed by atoms with Crippen LogP contribution >= 0.6 is 0 Å². The Hall–Kier alpha value is -3.02. The SMILES string of the molecule is Cc1cccc(CNC(=O)C(=O)NCc2ccc3c(c2)OCO3)c1. The van der Waals surface area contributed by atoms with Crippen molar-refractivity contribution in [1.29, 1.82) is 0 Å². The van der Waals surface area contributed by atoms with E-state index in [0.29, 0.717) is 18.0 Å². The van der Waals surface area contributed by atoms with E-state index in [4.69, 9.17) is 9.47 Å². The lowest BCUT2D eigenvalue weighted by molar-refractivity contribution is -0.139. The molecule has 0 unspecified atom stereocenters. The lowest BCUT2D eigenvalue weighted by Gasteiger charge is -2.08. The molecule has 6 nitrogen and oxygen atoms in total. The third-order valence-corrected chi connectivity index (χ3v) is 3.63. The summed E-state index contributed by atoms with van der Waals surface area (Å²) in [5.41, 5.74) is 2.89. The van der Waals surface area contributed by atoms with Crippen LogP contribution in [0.1, 0.15) is 16.7 Å². The van der Waals surface area contributed by atoms with Gasteiger partial charge in [-0.2, -0.15) is 0 Å². The van der Waals surface area contributed by atoms with Gasteiger partial charge in [-0.25, -0.2) is 0 Å². The van der Waals surface area contributed by atoms with Gasteiger partial charge in [-0.1, -0.05) is 35.9 Å². The van der Waals surface area contributed by atoms with Gasteiger partial charge in [0.25, 0.3) is 0 Å². The van der Waals surface area contributed by atoms with E-state index in [1.165, 1.54) is 0 Å². The number of amides is 2. The van der Waals surface area contributed by atoms with Crippen molar-refractivity contribution in [3.63, 3.8) is 0 Å². The number of fused-ring (bicyclic) bond motifs is 1. The Bertz CT molecular complexity index is 773. The maximum absolute atomic E-state index is 11.9. The first-order valence-corrected chi connectivity index (χ1v) is 7.62. The van der Waals surface area contributed by atoms with E-state index in [2.05, 4.69) is 10.6 Å². The van der Waals surface area contributed by atoms with Crippen LogP contribution < -0.4 is 20.1 Å². The number of carbonyl (C=O) groups excluding carboxylic acids is 2. The second kappa shape index (κ2) is 7.04. The summed E-state index contributed by atoms with van der Waals surface area (Å²) >= 11 is 0. The van der Waals surface area contributed by atoms with Crippen LogP contribution in [0.3, 0.4) is 0 Å². The van der Waals surface area contributed by atoms with Gasteiger partial charge >= 0.3 is 11.8 Å². The third-order valence-electron chi connectivity index (χ3n) is 3.63. The molecule has 0 spiro atoms. The number of hydrogen-bond acceptors (Lipinski definition) is 4. The van der Waals surface area contributed by atoms with Crippen molar-refractivity contribution in [3.8, 4) is 11.5 Å². The minimum atomic E-state index is -0.666. The molecular formula is C18H18N2O4. The summed E-state index contributed by atoms with van der Waals surface area (Å²) in [7, 11) is 0. The number of carbonyl (C=O) groups is 2. The molecule has 3 rings (SSSR count). The molecule has 1 aliphatic rings. The molecule has 6 heteroatoms. The van der Waals surface area contributed by atoms with Crippen LogP contribution in [0, 0.1) is 6.92 Å². The van der Waals surface area contributed by atoms with E-state index in [0.717, 1.165) is 16.7 Å². The van der Waals surface area contributed by atoms with E-state index in [9.17, 15) is 9.59 Å². The van der Waals surface area contributed by atoms with Crippen LogP contribution in [0.25, 0.3) is 0 Å². The van der Waals surface area contributed by atoms with E-state index in [-0.39, 0.29) is 13.3 Å². The molecule has 124 valence electrons. The fourth-order valence-electron chi connectivity index (χ4n) is 2.40. The zero-order valence-corrected chi connectivity index (χ0v) is 13.3. The number of benzene rings is 2. The minimum absolute atomic E-state index is 0.201. The van der Waals surface area contributed by atoms with Gasteiger partial charge in [0, 0.05) is 13.1 Å². The Balaban J connectivity index is 1.48. The molecule has 0 saturated heterocycles. The molecule has 2 amide bonds. The number of aryl methyl sites for hydroxylation is 1. The highest BCUT2D eigenvalue weighted by Crippen LogP contribution is 2.32. The molecule has 1 aliphatic heterocycles. The van der Waals surface area contributed by atoms with Crippen molar-refractivity contribution in [1.82, 2.24) is 10.6 Å². The smallest absolute Gasteiger partial charge is 0.309 e. The Morgan fingerprint density at radius 3 is 2.29 bits per heavy atom. The number of nitrogens with one attached hydrogen (secondary N) is 2. The summed E-state index contributed by atoms with van der Waals surface area (Å²) in [6, 6.07) is 13.1. The highest BCUT2D eigenvalue weighted by atomic mass is 16.7. The standard InChI is InChI=1S/C18H18N2O4/c1-12-3-2-4-13(7-12)9-19-17(21)18(22)20-10-14-5-6-15-16(8-14)24-11-23-15/h2-8H,9-11H2,1H3,(H,19,21)(H,20,22). The van der Waals surface area contributed by atoms with Gasteiger partial charge in [-0.05, 0) is 30.2 Å². The minimum Gasteiger partial charge on any atom is -0.454 e. The summed E-state index contributed by atoms with van der Waals surface area (Å²) in [6.07, 6.45) is 0. The lowest BCUT2D eigenvalue weighted by Crippen LogP contribution is -2.39. The monoisotopic (exact) mass is 326 g/mol. The van der Waals surface area contributed by atoms with Crippen LogP contribution in [-0.2, 0) is 22.7 Å². The molecule has 2 aromatic rings. The Labute approximate surface area is 139 Å². The second-order valence-corrected chi connectivity index (χ2v) is 5.54. The van der Waals surface area contributed by atoms with Crippen molar-refractivity contribution in [2.24, 2.45) is 0 Å². The van der Waals surface area contributed by atoms with Gasteiger partial charge in [0.2, 0.25) is 6.79 Å². The molecule has 0 aromatic heterocycles. The molecule has 0 bridgehead atoms. The van der Waals surface area contributed by atoms with Crippen LogP contribution in [0.4, 0.5) is 0 Å². The first kappa shape index (κ1) is 15.9. The van der Waals surface area contributed by atoms with Gasteiger partial charge < -0.3 is 20.1 Å². The molecule has 0 atom stereocenters. The summed E-state index contributed by atoms with van der Waals surface area (Å²) in [5, 5.41) is 5.20. The van der Waals surface area contributed by atoms with Gasteiger partial charge in [-0.3, -0.25) is 9.59 Å². The van der Waals surface area contributed by atoms with Crippen molar-refractivity contribution in [3.05, 3.63) is 59.2 Å². The first-order chi connectivity index (χ1) is 11.6. The lowest BCUT2D eigenvalue weighted by atomic mass is 10.1. The molecular weight excluding hydrogens is 308 g/mol. The quantitative estimate of drug-likeness (QED) is 0.838. The van der Waals surface area contributed by atoms with E-state index >= 15 is 0 Å². The molecule has 0 aliphatic carbocycles. The molecule has 2 N–H and O–H groups in total. The highest BCUT2D eigenvalue weighted by molar-refractivity contribution is 6.35. The van der Waals surface area contributed by atoms with Crippen molar-refractivity contribution in [2.45, 2.75) is 20.0 Å². The van der Waals surface area contributed by atoms with E-state index in [1.54, 1.807) is 12.1 Å². The van der Waals surface area contributed by atoms with Gasteiger partial charge in [0.05, 0.1) is 0 Å². The number of hydrogen-bond donors (Lipinski definition) is 2. The highest BCUT2D eigenvalue weighted by Gasteiger charge is 2.15. The largest absolute Gasteiger partial charge is 0.454 e. The van der Waals surface area contributed by atoms with Gasteiger partial charge in [-0.15, -0.1) is 0 Å². The molecule has 0 fully saturated rings. The maximum atomic E-state index is 11.9. The normalized spacial score (nSPS) is 11.9.